The van der Waals surface area contributed by atoms with Gasteiger partial charge in [-0.05, 0) is 122 Å². The molecule has 2 unspecified atom stereocenters. The molecule has 0 bridgehead atoms. The van der Waals surface area contributed by atoms with Crippen molar-refractivity contribution in [2.24, 2.45) is 0 Å². The Bertz CT molecular complexity index is 1200. The fraction of sp³-hybridized carbons (Fsp3) is 0.515. The standard InChI is InChI=1S/C33H41FN2O2/c34-18-3-19-36-20-14-29(23-36)38-28-9-6-25(7-10-28)32-30(5-1-4-26-22-27(35)8-11-31(26)32)24-12-16-33(17-13-24)15-2-21-37-33/h6-12,22,29H,1-5,13-21,23,35H2. The van der Waals surface area contributed by atoms with Crippen LogP contribution < -0.4 is 10.5 Å². The van der Waals surface area contributed by atoms with Crippen LogP contribution in [0.2, 0.25) is 0 Å². The van der Waals surface area contributed by atoms with Gasteiger partial charge in [0, 0.05) is 31.9 Å². The van der Waals surface area contributed by atoms with Crippen molar-refractivity contribution in [3.05, 3.63) is 76.4 Å². The molecule has 4 nitrogen and oxygen atoms in total. The summed E-state index contributed by atoms with van der Waals surface area (Å²) in [6.45, 7) is 3.35. The number of anilines is 1. The van der Waals surface area contributed by atoms with Crippen LogP contribution in [0, 0.1) is 0 Å². The predicted molar refractivity (Wildman–Crippen MR) is 152 cm³/mol. The van der Waals surface area contributed by atoms with E-state index in [0.29, 0.717) is 6.42 Å². The number of benzene rings is 2. The molecule has 2 aromatic carbocycles. The molecule has 2 fully saturated rings. The first kappa shape index (κ1) is 25.6. The maximum Gasteiger partial charge on any atom is 0.119 e. The number of nitrogens with two attached hydrogens (primary N) is 1. The first-order valence-corrected chi connectivity index (χ1v) is 14.6. The monoisotopic (exact) mass is 516 g/mol. The molecule has 0 amide bonds. The number of ether oxygens (including phenoxy) is 2. The second kappa shape index (κ2) is 11.2. The zero-order valence-electron chi connectivity index (χ0n) is 22.5. The molecule has 5 heteroatoms. The van der Waals surface area contributed by atoms with E-state index in [4.69, 9.17) is 15.2 Å². The van der Waals surface area contributed by atoms with E-state index in [0.717, 1.165) is 82.6 Å². The number of likely N-dealkylation sites (tertiary alicyclic amines) is 1. The molecule has 202 valence electrons. The lowest BCUT2D eigenvalue weighted by atomic mass is 9.78. The van der Waals surface area contributed by atoms with Gasteiger partial charge in [0.25, 0.3) is 0 Å². The summed E-state index contributed by atoms with van der Waals surface area (Å²) in [7, 11) is 0. The third-order valence-electron chi connectivity index (χ3n) is 9.00. The van der Waals surface area contributed by atoms with Crippen LogP contribution in [0.1, 0.15) is 74.5 Å². The molecule has 0 aromatic heterocycles. The summed E-state index contributed by atoms with van der Waals surface area (Å²) >= 11 is 0. The molecule has 6 rings (SSSR count). The number of aryl methyl sites for hydroxylation is 1. The minimum Gasteiger partial charge on any atom is -0.489 e. The molecule has 38 heavy (non-hydrogen) atoms. The number of allylic oxidation sites excluding steroid dienone is 2. The van der Waals surface area contributed by atoms with Crippen LogP contribution >= 0.6 is 0 Å². The van der Waals surface area contributed by atoms with E-state index in [2.05, 4.69) is 47.4 Å². The van der Waals surface area contributed by atoms with E-state index in [1.807, 2.05) is 6.07 Å². The summed E-state index contributed by atoms with van der Waals surface area (Å²) in [5, 5.41) is 0. The number of nitrogen functional groups attached to an aromatic ring is 1. The number of hydrogen-bond donors (Lipinski definition) is 1. The molecular weight excluding hydrogens is 475 g/mol. The second-order valence-corrected chi connectivity index (χ2v) is 11.6. The third kappa shape index (κ3) is 5.41. The van der Waals surface area contributed by atoms with Crippen LogP contribution in [0.15, 0.2) is 59.7 Å². The molecule has 1 spiro atoms. The van der Waals surface area contributed by atoms with E-state index < -0.39 is 0 Å². The highest BCUT2D eigenvalue weighted by Crippen LogP contribution is 2.45. The van der Waals surface area contributed by atoms with Crippen molar-refractivity contribution in [2.75, 3.05) is 38.6 Å². The quantitative estimate of drug-likeness (QED) is 0.408. The Morgan fingerprint density at radius 1 is 1.05 bits per heavy atom. The topological polar surface area (TPSA) is 47.7 Å². The maximum absolute atomic E-state index is 12.6. The van der Waals surface area contributed by atoms with Gasteiger partial charge in [-0.3, -0.25) is 9.29 Å². The molecule has 4 aliphatic rings. The number of halogens is 1. The van der Waals surface area contributed by atoms with Crippen LogP contribution in [-0.2, 0) is 11.2 Å². The molecule has 2 aromatic rings. The van der Waals surface area contributed by atoms with Gasteiger partial charge in [-0.15, -0.1) is 0 Å². The molecule has 2 saturated heterocycles. The fourth-order valence-corrected chi connectivity index (χ4v) is 6.99. The predicted octanol–water partition coefficient (Wildman–Crippen LogP) is 6.88. The van der Waals surface area contributed by atoms with E-state index in [-0.39, 0.29) is 18.4 Å². The van der Waals surface area contributed by atoms with Gasteiger partial charge >= 0.3 is 0 Å². The average molecular weight is 517 g/mol. The van der Waals surface area contributed by atoms with Crippen LogP contribution in [0.25, 0.3) is 5.57 Å². The van der Waals surface area contributed by atoms with Crippen molar-refractivity contribution in [2.45, 2.75) is 75.9 Å². The first-order chi connectivity index (χ1) is 18.6. The van der Waals surface area contributed by atoms with Gasteiger partial charge in [0.1, 0.15) is 11.9 Å². The summed E-state index contributed by atoms with van der Waals surface area (Å²) in [6.07, 6.45) is 13.2. The van der Waals surface area contributed by atoms with Crippen molar-refractivity contribution < 1.29 is 13.9 Å². The van der Waals surface area contributed by atoms with Crippen molar-refractivity contribution in [3.8, 4) is 5.75 Å². The molecule has 2 heterocycles. The Labute approximate surface area is 226 Å². The normalized spacial score (nSPS) is 25.9. The van der Waals surface area contributed by atoms with Crippen molar-refractivity contribution in [3.63, 3.8) is 0 Å². The number of nitrogens with zero attached hydrogens (tertiary/aromatic N) is 1. The summed E-state index contributed by atoms with van der Waals surface area (Å²) in [5.41, 5.74) is 15.4. The van der Waals surface area contributed by atoms with Crippen molar-refractivity contribution in [1.29, 1.82) is 0 Å². The largest absolute Gasteiger partial charge is 0.489 e. The lowest BCUT2D eigenvalue weighted by molar-refractivity contribution is -0.00347. The number of alkyl halides is 1. The maximum atomic E-state index is 12.6. The fourth-order valence-electron chi connectivity index (χ4n) is 6.99. The summed E-state index contributed by atoms with van der Waals surface area (Å²) in [6, 6.07) is 15.2. The van der Waals surface area contributed by atoms with E-state index in [1.165, 1.54) is 46.3 Å². The number of hydrogen-bond acceptors (Lipinski definition) is 4. The smallest absolute Gasteiger partial charge is 0.119 e. The average Bonchev–Trinajstić information content (AvgIpc) is 3.54. The molecular formula is C33H41FN2O2. The van der Waals surface area contributed by atoms with Gasteiger partial charge in [-0.1, -0.05) is 24.3 Å². The molecule has 2 aliphatic carbocycles. The highest BCUT2D eigenvalue weighted by molar-refractivity contribution is 5.87. The molecule has 2 aliphatic heterocycles. The van der Waals surface area contributed by atoms with Gasteiger partial charge in [0.05, 0.1) is 12.3 Å². The summed E-state index contributed by atoms with van der Waals surface area (Å²) < 4.78 is 25.1. The number of fused-ring (bicyclic) bond motifs is 1. The Morgan fingerprint density at radius 2 is 1.95 bits per heavy atom. The zero-order chi connectivity index (χ0) is 26.0. The van der Waals surface area contributed by atoms with Crippen LogP contribution in [0.3, 0.4) is 0 Å². The highest BCUT2D eigenvalue weighted by atomic mass is 19.1. The SMILES string of the molecule is Nc1ccc2c(c1)CCCC(C1=CCC3(CCCO3)CC1)=C2c1ccc(OC2CCN(CCCF)C2)cc1. The third-order valence-corrected chi connectivity index (χ3v) is 9.00. The van der Waals surface area contributed by atoms with E-state index in [9.17, 15) is 4.39 Å². The van der Waals surface area contributed by atoms with Gasteiger partial charge in [0.15, 0.2) is 0 Å². The summed E-state index contributed by atoms with van der Waals surface area (Å²) in [4.78, 5) is 2.31. The molecule has 2 atom stereocenters. The second-order valence-electron chi connectivity index (χ2n) is 11.6. The van der Waals surface area contributed by atoms with E-state index in [1.54, 1.807) is 0 Å². The van der Waals surface area contributed by atoms with Gasteiger partial charge in [-0.2, -0.15) is 0 Å². The van der Waals surface area contributed by atoms with E-state index >= 15 is 0 Å². The Hall–Kier alpha value is -2.63. The van der Waals surface area contributed by atoms with Gasteiger partial charge in [-0.25, -0.2) is 0 Å². The van der Waals surface area contributed by atoms with Crippen molar-refractivity contribution >= 4 is 11.3 Å². The summed E-state index contributed by atoms with van der Waals surface area (Å²) in [5.74, 6) is 0.914. The Morgan fingerprint density at radius 3 is 2.71 bits per heavy atom. The minimum atomic E-state index is -0.247. The Kier molecular flexibility index (Phi) is 7.58. The van der Waals surface area contributed by atoms with Crippen LogP contribution in [0.4, 0.5) is 10.1 Å². The first-order valence-electron chi connectivity index (χ1n) is 14.6. The Balaban J connectivity index is 1.29. The van der Waals surface area contributed by atoms with Crippen LogP contribution in [-0.4, -0.2) is 49.5 Å². The van der Waals surface area contributed by atoms with Crippen LogP contribution in [0.5, 0.6) is 5.75 Å². The van der Waals surface area contributed by atoms with Gasteiger partial charge in [0.2, 0.25) is 0 Å². The lowest BCUT2D eigenvalue weighted by Crippen LogP contribution is -2.29. The lowest BCUT2D eigenvalue weighted by Gasteiger charge is -2.33. The minimum absolute atomic E-state index is 0.0853. The van der Waals surface area contributed by atoms with Crippen molar-refractivity contribution in [1.82, 2.24) is 4.90 Å². The van der Waals surface area contributed by atoms with Gasteiger partial charge < -0.3 is 15.2 Å². The molecule has 0 saturated carbocycles. The number of rotatable bonds is 7. The molecule has 2 N–H and O–H groups in total. The zero-order valence-corrected chi connectivity index (χ0v) is 22.5. The molecule has 0 radical (unpaired) electrons. The highest BCUT2D eigenvalue weighted by Gasteiger charge is 2.37.